The molecule has 0 fully saturated rings. The summed E-state index contributed by atoms with van der Waals surface area (Å²) in [6.45, 7) is -1.52. The molecule has 1 heterocycles. The highest BCUT2D eigenvalue weighted by Crippen LogP contribution is 2.11. The Bertz CT molecular complexity index is 998. The van der Waals surface area contributed by atoms with E-state index in [2.05, 4.69) is 25.9 Å². The number of aliphatic carboxylic acids is 1. The van der Waals surface area contributed by atoms with E-state index in [1.807, 2.05) is 0 Å². The molecule has 2 aromatic rings. The Morgan fingerprint density at radius 2 is 1.49 bits per heavy atom. The summed E-state index contributed by atoms with van der Waals surface area (Å²) in [6.07, 6.45) is 2.57. The summed E-state index contributed by atoms with van der Waals surface area (Å²) in [4.78, 5) is 55.8. The minimum absolute atomic E-state index is 0.00978. The third-order valence-corrected chi connectivity index (χ3v) is 4.95. The van der Waals surface area contributed by atoms with E-state index >= 15 is 0 Å². The van der Waals surface area contributed by atoms with Gasteiger partial charge in [-0.05, 0) is 17.7 Å². The number of aliphatic hydroxyl groups excluding tert-OH is 2. The highest BCUT2D eigenvalue weighted by molar-refractivity contribution is 5.94. The van der Waals surface area contributed by atoms with Crippen LogP contribution in [0.5, 0.6) is 5.75 Å². The van der Waals surface area contributed by atoms with Crippen LogP contribution in [0.15, 0.2) is 36.8 Å². The van der Waals surface area contributed by atoms with Crippen molar-refractivity contribution in [2.75, 3.05) is 13.2 Å². The molecule has 1 aromatic heterocycles. The number of nitrogens with two attached hydrogens (primary N) is 1. The highest BCUT2D eigenvalue weighted by atomic mass is 16.4. The number of hydrogen-bond donors (Lipinski definition) is 9. The number of carbonyl (C=O) groups is 4. The number of carboxylic acids is 1. The van der Waals surface area contributed by atoms with E-state index in [-0.39, 0.29) is 18.6 Å². The SMILES string of the molecule is NC(CO)C(=O)NC(Cc1cnc[nH]1)C(=O)NC(CO)C(=O)NC(Cc1ccc(O)cc1)C(=O)O. The first kappa shape index (κ1) is 27.2. The van der Waals surface area contributed by atoms with Crippen LogP contribution in [0, 0.1) is 0 Å². The Labute approximate surface area is 199 Å². The van der Waals surface area contributed by atoms with Gasteiger partial charge < -0.3 is 47.1 Å². The second-order valence-electron chi connectivity index (χ2n) is 7.64. The molecular formula is C21H28N6O8. The van der Waals surface area contributed by atoms with Gasteiger partial charge in [-0.3, -0.25) is 14.4 Å². The fraction of sp³-hybridized carbons (Fsp3) is 0.381. The van der Waals surface area contributed by atoms with Gasteiger partial charge in [0.25, 0.3) is 0 Å². The Balaban J connectivity index is 2.09. The second-order valence-corrected chi connectivity index (χ2v) is 7.64. The van der Waals surface area contributed by atoms with Crippen LogP contribution in [0.4, 0.5) is 0 Å². The molecule has 0 aliphatic rings. The van der Waals surface area contributed by atoms with Crippen LogP contribution in [0.2, 0.25) is 0 Å². The number of imidazole rings is 1. The van der Waals surface area contributed by atoms with Gasteiger partial charge in [0, 0.05) is 24.7 Å². The second kappa shape index (κ2) is 13.0. The first-order chi connectivity index (χ1) is 16.6. The third kappa shape index (κ3) is 8.37. The number of H-pyrrole nitrogens is 1. The van der Waals surface area contributed by atoms with Crippen LogP contribution in [-0.4, -0.2) is 91.5 Å². The lowest BCUT2D eigenvalue weighted by Crippen LogP contribution is -2.59. The molecular weight excluding hydrogens is 464 g/mol. The third-order valence-electron chi connectivity index (χ3n) is 4.95. The quantitative estimate of drug-likeness (QED) is 0.135. The van der Waals surface area contributed by atoms with Gasteiger partial charge in [-0.15, -0.1) is 0 Å². The van der Waals surface area contributed by atoms with E-state index in [4.69, 9.17) is 10.8 Å². The molecule has 0 aliphatic carbocycles. The maximum atomic E-state index is 12.8. The molecule has 0 saturated carbocycles. The van der Waals surface area contributed by atoms with Crippen molar-refractivity contribution in [3.8, 4) is 5.75 Å². The van der Waals surface area contributed by atoms with Crippen LogP contribution >= 0.6 is 0 Å². The van der Waals surface area contributed by atoms with Gasteiger partial charge in [0.1, 0.15) is 29.9 Å². The Morgan fingerprint density at radius 3 is 2.03 bits per heavy atom. The number of phenols is 1. The predicted molar refractivity (Wildman–Crippen MR) is 120 cm³/mol. The lowest BCUT2D eigenvalue weighted by atomic mass is 10.1. The zero-order valence-electron chi connectivity index (χ0n) is 18.5. The van der Waals surface area contributed by atoms with Crippen LogP contribution < -0.4 is 21.7 Å². The average molecular weight is 492 g/mol. The number of aliphatic hydroxyl groups is 2. The molecule has 0 radical (unpaired) electrons. The molecule has 14 heteroatoms. The zero-order chi connectivity index (χ0) is 26.0. The summed E-state index contributed by atoms with van der Waals surface area (Å²) in [5, 5.41) is 44.4. The number of amides is 3. The van der Waals surface area contributed by atoms with Crippen LogP contribution in [0.1, 0.15) is 11.3 Å². The number of carbonyl (C=O) groups excluding carboxylic acids is 3. The van der Waals surface area contributed by atoms with E-state index in [1.54, 1.807) is 0 Å². The minimum atomic E-state index is -1.53. The summed E-state index contributed by atoms with van der Waals surface area (Å²) in [6, 6.07) is 0.242. The van der Waals surface area contributed by atoms with Crippen molar-refractivity contribution in [3.63, 3.8) is 0 Å². The molecule has 0 bridgehead atoms. The molecule has 0 saturated heterocycles. The Morgan fingerprint density at radius 1 is 0.886 bits per heavy atom. The van der Waals surface area contributed by atoms with Crippen LogP contribution in [0.25, 0.3) is 0 Å². The van der Waals surface area contributed by atoms with Crippen LogP contribution in [-0.2, 0) is 32.0 Å². The molecule has 10 N–H and O–H groups in total. The summed E-state index contributed by atoms with van der Waals surface area (Å²) >= 11 is 0. The number of phenolic OH excluding ortho intramolecular Hbond substituents is 1. The largest absolute Gasteiger partial charge is 0.508 e. The van der Waals surface area contributed by atoms with Crippen molar-refractivity contribution in [1.82, 2.24) is 25.9 Å². The molecule has 2 rings (SSSR count). The first-order valence-electron chi connectivity index (χ1n) is 10.5. The lowest BCUT2D eigenvalue weighted by molar-refractivity contribution is -0.142. The monoisotopic (exact) mass is 492 g/mol. The Kier molecular flexibility index (Phi) is 10.1. The van der Waals surface area contributed by atoms with Gasteiger partial charge in [0.15, 0.2) is 0 Å². The Hall–Kier alpha value is -4.01. The standard InChI is InChI=1S/C21H28N6O8/c22-14(8-28)18(31)25-15(6-12-7-23-10-24-12)19(32)27-17(9-29)20(33)26-16(21(34)35)5-11-1-3-13(30)4-2-11/h1-4,7,10,14-17,28-30H,5-6,8-9,22H2,(H,23,24)(H,25,31)(H,26,33)(H,27,32)(H,34,35). The smallest absolute Gasteiger partial charge is 0.326 e. The maximum absolute atomic E-state index is 12.8. The molecule has 4 unspecified atom stereocenters. The van der Waals surface area contributed by atoms with Gasteiger partial charge in [-0.25, -0.2) is 9.78 Å². The highest BCUT2D eigenvalue weighted by Gasteiger charge is 2.30. The average Bonchev–Trinajstić information content (AvgIpc) is 3.35. The number of nitrogens with zero attached hydrogens (tertiary/aromatic N) is 1. The number of carboxylic acid groups (broad SMARTS) is 1. The van der Waals surface area contributed by atoms with Crippen molar-refractivity contribution in [2.24, 2.45) is 5.73 Å². The number of nitrogens with one attached hydrogen (secondary N) is 4. The van der Waals surface area contributed by atoms with Crippen molar-refractivity contribution in [2.45, 2.75) is 37.0 Å². The number of hydrogen-bond acceptors (Lipinski definition) is 9. The lowest BCUT2D eigenvalue weighted by Gasteiger charge is -2.24. The van der Waals surface area contributed by atoms with Gasteiger partial charge in [-0.1, -0.05) is 12.1 Å². The fourth-order valence-corrected chi connectivity index (χ4v) is 2.99. The predicted octanol–water partition coefficient (Wildman–Crippen LogP) is -3.25. The topological polar surface area (TPSA) is 240 Å². The molecule has 3 amide bonds. The molecule has 190 valence electrons. The van der Waals surface area contributed by atoms with Crippen LogP contribution in [0.3, 0.4) is 0 Å². The maximum Gasteiger partial charge on any atom is 0.326 e. The van der Waals surface area contributed by atoms with Gasteiger partial charge in [0.05, 0.1) is 19.5 Å². The molecule has 1 aromatic carbocycles. The van der Waals surface area contributed by atoms with Crippen molar-refractivity contribution < 1.29 is 39.6 Å². The number of aromatic amines is 1. The number of rotatable bonds is 13. The van der Waals surface area contributed by atoms with E-state index in [0.29, 0.717) is 11.3 Å². The van der Waals surface area contributed by atoms with E-state index in [9.17, 15) is 34.5 Å². The van der Waals surface area contributed by atoms with E-state index in [1.165, 1.54) is 36.8 Å². The van der Waals surface area contributed by atoms with Crippen molar-refractivity contribution in [1.29, 1.82) is 0 Å². The van der Waals surface area contributed by atoms with E-state index in [0.717, 1.165) is 0 Å². The fourth-order valence-electron chi connectivity index (χ4n) is 2.99. The summed E-state index contributed by atoms with van der Waals surface area (Å²) in [5.41, 5.74) is 6.46. The van der Waals surface area contributed by atoms with Crippen molar-refractivity contribution >= 4 is 23.7 Å². The number of aromatic nitrogens is 2. The molecule has 14 nitrogen and oxygen atoms in total. The number of aromatic hydroxyl groups is 1. The normalized spacial score (nSPS) is 14.3. The van der Waals surface area contributed by atoms with Crippen molar-refractivity contribution in [3.05, 3.63) is 48.0 Å². The number of benzene rings is 1. The summed E-state index contributed by atoms with van der Waals surface area (Å²) < 4.78 is 0. The summed E-state index contributed by atoms with van der Waals surface area (Å²) in [7, 11) is 0. The summed E-state index contributed by atoms with van der Waals surface area (Å²) in [5.74, 6) is -4.01. The van der Waals surface area contributed by atoms with E-state index < -0.39 is 61.1 Å². The van der Waals surface area contributed by atoms with Gasteiger partial charge >= 0.3 is 5.97 Å². The molecule has 0 aliphatic heterocycles. The molecule has 0 spiro atoms. The first-order valence-corrected chi connectivity index (χ1v) is 10.5. The van der Waals surface area contributed by atoms with Gasteiger partial charge in [-0.2, -0.15) is 0 Å². The molecule has 35 heavy (non-hydrogen) atoms. The zero-order valence-corrected chi connectivity index (χ0v) is 18.5. The molecule has 4 atom stereocenters. The van der Waals surface area contributed by atoms with Gasteiger partial charge in [0.2, 0.25) is 17.7 Å². The minimum Gasteiger partial charge on any atom is -0.508 e.